The minimum Gasteiger partial charge on any atom is -0.481 e. The standard InChI is InChI=1S/C25H42O3/c1-15(5-8-22(27)28)19-6-7-20-23-16(2)13-17-14-18(26)9-11-24(17,3)21(23)10-12-25(19,20)4/h15-21,23,26H,5-14H2,1-4H3,(H,27,28)/t15-,16?,17-,18-,19?,20?,21?,23+,24+,25-/m1/s1. The summed E-state index contributed by atoms with van der Waals surface area (Å²) < 4.78 is 0. The summed E-state index contributed by atoms with van der Waals surface area (Å²) in [5.74, 6) is 4.55. The molecule has 4 aliphatic carbocycles. The van der Waals surface area contributed by atoms with Crippen LogP contribution in [0.5, 0.6) is 0 Å². The van der Waals surface area contributed by atoms with E-state index < -0.39 is 5.97 Å². The molecule has 3 nitrogen and oxygen atoms in total. The van der Waals surface area contributed by atoms with Crippen molar-refractivity contribution >= 4 is 5.97 Å². The minimum atomic E-state index is -0.644. The fourth-order valence-corrected chi connectivity index (χ4v) is 9.14. The summed E-state index contributed by atoms with van der Waals surface area (Å²) in [7, 11) is 0. The molecule has 4 aliphatic rings. The molecule has 4 rings (SSSR count). The van der Waals surface area contributed by atoms with E-state index >= 15 is 0 Å². The molecule has 0 aromatic carbocycles. The number of rotatable bonds is 4. The van der Waals surface area contributed by atoms with Crippen molar-refractivity contribution in [2.45, 2.75) is 98.0 Å². The maximum absolute atomic E-state index is 11.1. The first-order valence-electron chi connectivity index (χ1n) is 12.1. The van der Waals surface area contributed by atoms with Crippen molar-refractivity contribution in [1.29, 1.82) is 0 Å². The van der Waals surface area contributed by atoms with Gasteiger partial charge < -0.3 is 10.2 Å². The van der Waals surface area contributed by atoms with Gasteiger partial charge in [-0.25, -0.2) is 0 Å². The number of carbonyl (C=O) groups is 1. The summed E-state index contributed by atoms with van der Waals surface area (Å²) in [6.07, 6.45) is 11.0. The molecule has 4 fully saturated rings. The van der Waals surface area contributed by atoms with Gasteiger partial charge >= 0.3 is 5.97 Å². The maximum atomic E-state index is 11.1. The largest absolute Gasteiger partial charge is 0.481 e. The number of hydrogen-bond donors (Lipinski definition) is 2. The van der Waals surface area contributed by atoms with E-state index in [9.17, 15) is 9.90 Å². The fraction of sp³-hybridized carbons (Fsp3) is 0.960. The average molecular weight is 391 g/mol. The van der Waals surface area contributed by atoms with Crippen molar-refractivity contribution in [2.75, 3.05) is 0 Å². The van der Waals surface area contributed by atoms with E-state index in [-0.39, 0.29) is 6.10 Å². The number of hydrogen-bond acceptors (Lipinski definition) is 2. The first-order chi connectivity index (χ1) is 13.2. The second kappa shape index (κ2) is 7.29. The van der Waals surface area contributed by atoms with Gasteiger partial charge in [0.1, 0.15) is 0 Å². The van der Waals surface area contributed by atoms with Gasteiger partial charge in [-0.2, -0.15) is 0 Å². The monoisotopic (exact) mass is 390 g/mol. The van der Waals surface area contributed by atoms with Crippen LogP contribution in [0.25, 0.3) is 0 Å². The zero-order chi connectivity index (χ0) is 20.3. The zero-order valence-corrected chi connectivity index (χ0v) is 18.5. The number of carboxylic acid groups (broad SMARTS) is 1. The van der Waals surface area contributed by atoms with E-state index in [1.54, 1.807) is 0 Å². The van der Waals surface area contributed by atoms with E-state index in [0.29, 0.717) is 35.0 Å². The Morgan fingerprint density at radius 1 is 1.04 bits per heavy atom. The van der Waals surface area contributed by atoms with Crippen LogP contribution >= 0.6 is 0 Å². The molecule has 28 heavy (non-hydrogen) atoms. The van der Waals surface area contributed by atoms with Crippen molar-refractivity contribution in [3.05, 3.63) is 0 Å². The van der Waals surface area contributed by atoms with Gasteiger partial charge in [-0.15, -0.1) is 0 Å². The highest BCUT2D eigenvalue weighted by Crippen LogP contribution is 2.69. The van der Waals surface area contributed by atoms with Gasteiger partial charge in [0.15, 0.2) is 0 Å². The fourth-order valence-electron chi connectivity index (χ4n) is 9.14. The normalized spacial score (nSPS) is 51.7. The summed E-state index contributed by atoms with van der Waals surface area (Å²) in [4.78, 5) is 11.1. The molecule has 0 amide bonds. The van der Waals surface area contributed by atoms with Crippen molar-refractivity contribution < 1.29 is 15.0 Å². The van der Waals surface area contributed by atoms with Crippen LogP contribution in [-0.4, -0.2) is 22.3 Å². The number of aliphatic hydroxyl groups is 1. The molecular weight excluding hydrogens is 348 g/mol. The van der Waals surface area contributed by atoms with Crippen LogP contribution < -0.4 is 0 Å². The Morgan fingerprint density at radius 3 is 2.43 bits per heavy atom. The summed E-state index contributed by atoms with van der Waals surface area (Å²) >= 11 is 0. The highest BCUT2D eigenvalue weighted by molar-refractivity contribution is 5.66. The quantitative estimate of drug-likeness (QED) is 0.642. The molecular formula is C25H42O3. The van der Waals surface area contributed by atoms with E-state index in [0.717, 1.165) is 42.9 Å². The molecule has 0 aromatic heterocycles. The van der Waals surface area contributed by atoms with Crippen LogP contribution in [0, 0.1) is 52.3 Å². The summed E-state index contributed by atoms with van der Waals surface area (Å²) in [6, 6.07) is 0. The summed E-state index contributed by atoms with van der Waals surface area (Å²) in [6.45, 7) is 9.95. The van der Waals surface area contributed by atoms with Crippen LogP contribution in [0.3, 0.4) is 0 Å². The lowest BCUT2D eigenvalue weighted by molar-refractivity contribution is -0.150. The highest BCUT2D eigenvalue weighted by atomic mass is 16.4. The Labute approximate surface area is 171 Å². The van der Waals surface area contributed by atoms with E-state index in [2.05, 4.69) is 27.7 Å². The van der Waals surface area contributed by atoms with Gasteiger partial charge in [0.05, 0.1) is 6.10 Å². The Morgan fingerprint density at radius 2 is 1.71 bits per heavy atom. The third-order valence-corrected chi connectivity index (χ3v) is 10.6. The molecule has 0 radical (unpaired) electrons. The van der Waals surface area contributed by atoms with Crippen LogP contribution in [0.2, 0.25) is 0 Å². The molecule has 0 aromatic rings. The van der Waals surface area contributed by atoms with Crippen LogP contribution in [0.1, 0.15) is 91.9 Å². The Balaban J connectivity index is 1.55. The van der Waals surface area contributed by atoms with Crippen molar-refractivity contribution in [3.63, 3.8) is 0 Å². The van der Waals surface area contributed by atoms with E-state index in [4.69, 9.17) is 5.11 Å². The second-order valence-corrected chi connectivity index (χ2v) is 11.8. The molecule has 10 atom stereocenters. The number of aliphatic carboxylic acids is 1. The van der Waals surface area contributed by atoms with Crippen LogP contribution in [0.15, 0.2) is 0 Å². The highest BCUT2D eigenvalue weighted by Gasteiger charge is 2.62. The summed E-state index contributed by atoms with van der Waals surface area (Å²) in [5, 5.41) is 19.4. The van der Waals surface area contributed by atoms with Gasteiger partial charge in [0.25, 0.3) is 0 Å². The van der Waals surface area contributed by atoms with Crippen molar-refractivity contribution in [3.8, 4) is 0 Å². The zero-order valence-electron chi connectivity index (χ0n) is 18.5. The van der Waals surface area contributed by atoms with Gasteiger partial charge in [-0.3, -0.25) is 4.79 Å². The first-order valence-corrected chi connectivity index (χ1v) is 12.1. The smallest absolute Gasteiger partial charge is 0.303 e. The van der Waals surface area contributed by atoms with Crippen molar-refractivity contribution in [1.82, 2.24) is 0 Å². The molecule has 0 saturated heterocycles. The van der Waals surface area contributed by atoms with Crippen LogP contribution in [0.4, 0.5) is 0 Å². The Kier molecular flexibility index (Phi) is 5.39. The predicted molar refractivity (Wildman–Crippen MR) is 112 cm³/mol. The van der Waals surface area contributed by atoms with Gasteiger partial charge in [0, 0.05) is 6.42 Å². The lowest BCUT2D eigenvalue weighted by atomic mass is 9.42. The number of fused-ring (bicyclic) bond motifs is 5. The average Bonchev–Trinajstić information content (AvgIpc) is 2.98. The second-order valence-electron chi connectivity index (χ2n) is 11.8. The predicted octanol–water partition coefficient (Wildman–Crippen LogP) is 5.75. The molecule has 4 unspecified atom stereocenters. The van der Waals surface area contributed by atoms with Gasteiger partial charge in [-0.05, 0) is 110 Å². The third kappa shape index (κ3) is 3.15. The van der Waals surface area contributed by atoms with Crippen molar-refractivity contribution in [2.24, 2.45) is 52.3 Å². The first kappa shape index (κ1) is 20.7. The lowest BCUT2D eigenvalue weighted by Crippen LogP contribution is -2.56. The van der Waals surface area contributed by atoms with E-state index in [1.807, 2.05) is 0 Å². The third-order valence-electron chi connectivity index (χ3n) is 10.6. The van der Waals surface area contributed by atoms with Gasteiger partial charge in [0.2, 0.25) is 0 Å². The SMILES string of the molecule is CC1C[C@@H]2C[C@H](O)CC[C@]2(C)C2CC[C@@]3(C)C(CCC3[C@H](C)CCC(=O)O)[C@H]12. The minimum absolute atomic E-state index is 0.0679. The number of carboxylic acids is 1. The van der Waals surface area contributed by atoms with Crippen LogP contribution in [-0.2, 0) is 4.79 Å². The lowest BCUT2D eigenvalue weighted by Gasteiger charge is -2.63. The summed E-state index contributed by atoms with van der Waals surface area (Å²) in [5.41, 5.74) is 0.843. The molecule has 3 heteroatoms. The molecule has 0 bridgehead atoms. The molecule has 0 aliphatic heterocycles. The van der Waals surface area contributed by atoms with Gasteiger partial charge in [-0.1, -0.05) is 27.7 Å². The molecule has 2 N–H and O–H groups in total. The molecule has 160 valence electrons. The molecule has 4 saturated carbocycles. The molecule has 0 spiro atoms. The number of aliphatic hydroxyl groups excluding tert-OH is 1. The topological polar surface area (TPSA) is 57.5 Å². The van der Waals surface area contributed by atoms with E-state index in [1.165, 1.54) is 38.5 Å². The Bertz CT molecular complexity index is 603. The molecule has 0 heterocycles. The Hall–Kier alpha value is -0.570. The maximum Gasteiger partial charge on any atom is 0.303 e.